The molecule has 4 heteroatoms. The van der Waals surface area contributed by atoms with E-state index in [1.165, 1.54) is 38.1 Å². The first-order valence-electron chi connectivity index (χ1n) is 6.58. The van der Waals surface area contributed by atoms with Crippen LogP contribution in [0.3, 0.4) is 0 Å². The SMILES string of the molecule is NCC1CCN(CCSc2ccc(F)cc2)CC1. The quantitative estimate of drug-likeness (QED) is 0.832. The van der Waals surface area contributed by atoms with E-state index in [0.717, 1.165) is 29.7 Å². The highest BCUT2D eigenvalue weighted by Gasteiger charge is 2.17. The molecule has 1 aliphatic rings. The molecule has 0 aliphatic carbocycles. The molecule has 0 aromatic heterocycles. The highest BCUT2D eigenvalue weighted by atomic mass is 32.2. The molecule has 18 heavy (non-hydrogen) atoms. The van der Waals surface area contributed by atoms with Crippen molar-refractivity contribution in [3.63, 3.8) is 0 Å². The second kappa shape index (κ2) is 7.12. The van der Waals surface area contributed by atoms with Gasteiger partial charge in [0.15, 0.2) is 0 Å². The van der Waals surface area contributed by atoms with Crippen molar-refractivity contribution in [2.24, 2.45) is 11.7 Å². The zero-order valence-electron chi connectivity index (χ0n) is 10.6. The van der Waals surface area contributed by atoms with E-state index in [2.05, 4.69) is 4.90 Å². The first kappa shape index (κ1) is 13.8. The second-order valence-electron chi connectivity index (χ2n) is 4.82. The predicted molar refractivity (Wildman–Crippen MR) is 75.3 cm³/mol. The molecular weight excluding hydrogens is 247 g/mol. The Hall–Kier alpha value is -0.580. The van der Waals surface area contributed by atoms with Gasteiger partial charge in [-0.2, -0.15) is 0 Å². The van der Waals surface area contributed by atoms with Gasteiger partial charge in [0.05, 0.1) is 0 Å². The number of nitrogens with zero attached hydrogens (tertiary/aromatic N) is 1. The van der Waals surface area contributed by atoms with Crippen molar-refractivity contribution >= 4 is 11.8 Å². The minimum Gasteiger partial charge on any atom is -0.330 e. The van der Waals surface area contributed by atoms with E-state index in [0.29, 0.717) is 0 Å². The van der Waals surface area contributed by atoms with Crippen molar-refractivity contribution in [3.05, 3.63) is 30.1 Å². The van der Waals surface area contributed by atoms with Gasteiger partial charge in [-0.25, -0.2) is 4.39 Å². The minimum absolute atomic E-state index is 0.164. The third-order valence-corrected chi connectivity index (χ3v) is 4.52. The number of thioether (sulfide) groups is 1. The number of hydrogen-bond donors (Lipinski definition) is 1. The summed E-state index contributed by atoms with van der Waals surface area (Å²) < 4.78 is 12.7. The first-order valence-corrected chi connectivity index (χ1v) is 7.57. The van der Waals surface area contributed by atoms with E-state index in [1.807, 2.05) is 12.1 Å². The normalized spacial score (nSPS) is 18.1. The monoisotopic (exact) mass is 268 g/mol. The third-order valence-electron chi connectivity index (χ3n) is 3.53. The summed E-state index contributed by atoms with van der Waals surface area (Å²) in [5.74, 6) is 1.63. The molecule has 1 saturated heterocycles. The van der Waals surface area contributed by atoms with Crippen molar-refractivity contribution in [1.29, 1.82) is 0 Å². The molecule has 1 heterocycles. The summed E-state index contributed by atoms with van der Waals surface area (Å²) >= 11 is 1.80. The van der Waals surface area contributed by atoms with Crippen LogP contribution in [0, 0.1) is 11.7 Å². The lowest BCUT2D eigenvalue weighted by atomic mass is 9.97. The zero-order valence-corrected chi connectivity index (χ0v) is 11.5. The Morgan fingerprint density at radius 2 is 1.89 bits per heavy atom. The van der Waals surface area contributed by atoms with E-state index in [-0.39, 0.29) is 5.82 Å². The minimum atomic E-state index is -0.164. The molecule has 2 N–H and O–H groups in total. The number of hydrogen-bond acceptors (Lipinski definition) is 3. The molecule has 0 atom stereocenters. The van der Waals surface area contributed by atoms with Crippen LogP contribution in [0.4, 0.5) is 4.39 Å². The van der Waals surface area contributed by atoms with Gasteiger partial charge in [0.1, 0.15) is 5.82 Å². The number of nitrogens with two attached hydrogens (primary N) is 1. The molecule has 2 nitrogen and oxygen atoms in total. The summed E-state index contributed by atoms with van der Waals surface area (Å²) in [7, 11) is 0. The fourth-order valence-electron chi connectivity index (χ4n) is 2.27. The lowest BCUT2D eigenvalue weighted by molar-refractivity contribution is 0.197. The summed E-state index contributed by atoms with van der Waals surface area (Å²) in [6.45, 7) is 4.29. The molecule has 100 valence electrons. The first-order chi connectivity index (χ1) is 8.78. The molecule has 0 saturated carbocycles. The van der Waals surface area contributed by atoms with Crippen molar-refractivity contribution in [1.82, 2.24) is 4.90 Å². The Morgan fingerprint density at radius 1 is 1.22 bits per heavy atom. The van der Waals surface area contributed by atoms with Gasteiger partial charge in [-0.15, -0.1) is 11.8 Å². The molecule has 2 rings (SSSR count). The van der Waals surface area contributed by atoms with E-state index < -0.39 is 0 Å². The average molecular weight is 268 g/mol. The lowest BCUT2D eigenvalue weighted by Gasteiger charge is -2.31. The molecule has 0 bridgehead atoms. The van der Waals surface area contributed by atoms with Crippen LogP contribution in [0.2, 0.25) is 0 Å². The number of rotatable bonds is 5. The molecule has 1 aromatic carbocycles. The van der Waals surface area contributed by atoms with Crippen LogP contribution >= 0.6 is 11.8 Å². The summed E-state index contributed by atoms with van der Waals surface area (Å²) in [6, 6.07) is 6.74. The maximum absolute atomic E-state index is 12.7. The standard InChI is InChI=1S/C14H21FN2S/c15-13-1-3-14(4-2-13)18-10-9-17-7-5-12(11-16)6-8-17/h1-4,12H,5-11,16H2. The zero-order chi connectivity index (χ0) is 12.8. The predicted octanol–water partition coefficient (Wildman–Crippen LogP) is 2.59. The summed E-state index contributed by atoms with van der Waals surface area (Å²) in [4.78, 5) is 3.65. The molecule has 0 spiro atoms. The van der Waals surface area contributed by atoms with Crippen LogP contribution < -0.4 is 5.73 Å². The number of likely N-dealkylation sites (tertiary alicyclic amines) is 1. The summed E-state index contributed by atoms with van der Waals surface area (Å²) in [5.41, 5.74) is 5.68. The fraction of sp³-hybridized carbons (Fsp3) is 0.571. The topological polar surface area (TPSA) is 29.3 Å². The van der Waals surface area contributed by atoms with Crippen LogP contribution in [0.15, 0.2) is 29.2 Å². The van der Waals surface area contributed by atoms with Gasteiger partial charge in [-0.05, 0) is 62.7 Å². The maximum Gasteiger partial charge on any atom is 0.123 e. The van der Waals surface area contributed by atoms with Gasteiger partial charge in [-0.3, -0.25) is 0 Å². The second-order valence-corrected chi connectivity index (χ2v) is 5.99. The van der Waals surface area contributed by atoms with Gasteiger partial charge in [-0.1, -0.05) is 0 Å². The van der Waals surface area contributed by atoms with Gasteiger partial charge in [0, 0.05) is 17.2 Å². The molecule has 0 radical (unpaired) electrons. The van der Waals surface area contributed by atoms with Crippen molar-refractivity contribution in [2.45, 2.75) is 17.7 Å². The Kier molecular flexibility index (Phi) is 5.47. The number of halogens is 1. The van der Waals surface area contributed by atoms with Crippen molar-refractivity contribution in [3.8, 4) is 0 Å². The van der Waals surface area contributed by atoms with Crippen LogP contribution in [0.25, 0.3) is 0 Å². The highest BCUT2D eigenvalue weighted by molar-refractivity contribution is 7.99. The smallest absolute Gasteiger partial charge is 0.123 e. The van der Waals surface area contributed by atoms with E-state index in [4.69, 9.17) is 5.73 Å². The molecule has 1 aliphatic heterocycles. The van der Waals surface area contributed by atoms with E-state index >= 15 is 0 Å². The Bertz CT molecular complexity index is 347. The van der Waals surface area contributed by atoms with Crippen molar-refractivity contribution in [2.75, 3.05) is 31.9 Å². The fourth-order valence-corrected chi connectivity index (χ4v) is 3.18. The molecule has 1 fully saturated rings. The summed E-state index contributed by atoms with van der Waals surface area (Å²) in [5, 5.41) is 0. The van der Waals surface area contributed by atoms with Crippen molar-refractivity contribution < 1.29 is 4.39 Å². The van der Waals surface area contributed by atoms with Crippen LogP contribution in [0.1, 0.15) is 12.8 Å². The van der Waals surface area contributed by atoms with E-state index in [9.17, 15) is 4.39 Å². The maximum atomic E-state index is 12.7. The Labute approximate surface area is 113 Å². The van der Waals surface area contributed by atoms with Gasteiger partial charge in [0.2, 0.25) is 0 Å². The highest BCUT2D eigenvalue weighted by Crippen LogP contribution is 2.20. The van der Waals surface area contributed by atoms with Crippen LogP contribution in [-0.2, 0) is 0 Å². The van der Waals surface area contributed by atoms with Gasteiger partial charge >= 0.3 is 0 Å². The van der Waals surface area contributed by atoms with Crippen LogP contribution in [0.5, 0.6) is 0 Å². The molecule has 0 unspecified atom stereocenters. The van der Waals surface area contributed by atoms with E-state index in [1.54, 1.807) is 11.8 Å². The molecule has 0 amide bonds. The largest absolute Gasteiger partial charge is 0.330 e. The summed E-state index contributed by atoms with van der Waals surface area (Å²) in [6.07, 6.45) is 2.47. The van der Waals surface area contributed by atoms with Crippen LogP contribution in [-0.4, -0.2) is 36.8 Å². The molecular formula is C14H21FN2S. The third kappa shape index (κ3) is 4.26. The Morgan fingerprint density at radius 3 is 2.50 bits per heavy atom. The lowest BCUT2D eigenvalue weighted by Crippen LogP contribution is -2.37. The van der Waals surface area contributed by atoms with Gasteiger partial charge < -0.3 is 10.6 Å². The van der Waals surface area contributed by atoms with Gasteiger partial charge in [0.25, 0.3) is 0 Å². The Balaban J connectivity index is 1.65. The average Bonchev–Trinajstić information content (AvgIpc) is 2.42. The number of piperidine rings is 1. The number of benzene rings is 1. The molecule has 1 aromatic rings.